The summed E-state index contributed by atoms with van der Waals surface area (Å²) >= 11 is 0. The van der Waals surface area contributed by atoms with Crippen molar-refractivity contribution in [2.75, 3.05) is 13.2 Å². The van der Waals surface area contributed by atoms with Crippen molar-refractivity contribution in [2.45, 2.75) is 12.5 Å². The van der Waals surface area contributed by atoms with Gasteiger partial charge in [-0.15, -0.1) is 0 Å². The molecule has 1 heterocycles. The highest BCUT2D eigenvalue weighted by atomic mass is 16.5. The molecule has 2 aromatic rings. The van der Waals surface area contributed by atoms with Crippen LogP contribution in [0.1, 0.15) is 38.8 Å². The van der Waals surface area contributed by atoms with E-state index in [2.05, 4.69) is 5.32 Å². The summed E-state index contributed by atoms with van der Waals surface area (Å²) in [4.78, 5) is 23.3. The second-order valence-electron chi connectivity index (χ2n) is 5.85. The Bertz CT molecular complexity index is 729. The van der Waals surface area contributed by atoms with Gasteiger partial charge >= 0.3 is 5.97 Å². The molecule has 1 fully saturated rings. The minimum Gasteiger partial charge on any atom is -0.478 e. The zero-order chi connectivity index (χ0) is 16.9. The van der Waals surface area contributed by atoms with Gasteiger partial charge in [0.2, 0.25) is 0 Å². The predicted molar refractivity (Wildman–Crippen MR) is 89.0 cm³/mol. The average molecular weight is 325 g/mol. The van der Waals surface area contributed by atoms with Crippen molar-refractivity contribution in [1.82, 2.24) is 5.32 Å². The minimum atomic E-state index is -1.04. The van der Waals surface area contributed by atoms with E-state index in [9.17, 15) is 9.59 Å². The van der Waals surface area contributed by atoms with Gasteiger partial charge in [0.05, 0.1) is 11.7 Å². The van der Waals surface area contributed by atoms with Gasteiger partial charge in [-0.25, -0.2) is 4.79 Å². The first-order chi connectivity index (χ1) is 11.6. The Morgan fingerprint density at radius 2 is 1.83 bits per heavy atom. The van der Waals surface area contributed by atoms with Crippen molar-refractivity contribution in [2.24, 2.45) is 5.92 Å². The number of carboxylic acids is 1. The van der Waals surface area contributed by atoms with Crippen molar-refractivity contribution < 1.29 is 19.4 Å². The third-order valence-electron chi connectivity index (χ3n) is 4.24. The van der Waals surface area contributed by atoms with Crippen molar-refractivity contribution in [3.05, 3.63) is 71.3 Å². The standard InChI is InChI=1S/C19H19NO4/c21-18(14-7-4-8-15(11-14)19(22)23)20-12-16-9-10-24-17(16)13-5-2-1-3-6-13/h1-8,11,16-17H,9-10,12H2,(H,20,21)(H,22,23)/t16-,17-/m0/s1. The Labute approximate surface area is 140 Å². The summed E-state index contributed by atoms with van der Waals surface area (Å²) in [6, 6.07) is 16.0. The lowest BCUT2D eigenvalue weighted by Gasteiger charge is -2.19. The van der Waals surface area contributed by atoms with Crippen LogP contribution in [-0.4, -0.2) is 30.1 Å². The first-order valence-electron chi connectivity index (χ1n) is 7.93. The van der Waals surface area contributed by atoms with Gasteiger partial charge < -0.3 is 15.2 Å². The smallest absolute Gasteiger partial charge is 0.335 e. The first-order valence-corrected chi connectivity index (χ1v) is 7.93. The minimum absolute atomic E-state index is 0.0168. The lowest BCUT2D eigenvalue weighted by Crippen LogP contribution is -2.30. The van der Waals surface area contributed by atoms with E-state index in [4.69, 9.17) is 9.84 Å². The van der Waals surface area contributed by atoms with Crippen LogP contribution >= 0.6 is 0 Å². The van der Waals surface area contributed by atoms with Crippen LogP contribution in [0.4, 0.5) is 0 Å². The van der Waals surface area contributed by atoms with Crippen LogP contribution in [-0.2, 0) is 4.74 Å². The number of ether oxygens (including phenoxy) is 1. The topological polar surface area (TPSA) is 75.6 Å². The molecule has 1 saturated heterocycles. The van der Waals surface area contributed by atoms with Crippen molar-refractivity contribution in [3.63, 3.8) is 0 Å². The molecule has 0 saturated carbocycles. The molecular weight excluding hydrogens is 306 g/mol. The van der Waals surface area contributed by atoms with Crippen LogP contribution in [0.25, 0.3) is 0 Å². The Balaban J connectivity index is 1.63. The van der Waals surface area contributed by atoms with E-state index in [-0.39, 0.29) is 23.5 Å². The molecule has 5 heteroatoms. The predicted octanol–water partition coefficient (Wildman–Crippen LogP) is 2.89. The van der Waals surface area contributed by atoms with Gasteiger partial charge in [0.25, 0.3) is 5.91 Å². The molecule has 0 spiro atoms. The van der Waals surface area contributed by atoms with Crippen LogP contribution in [0.2, 0.25) is 0 Å². The van der Waals surface area contributed by atoms with Crippen LogP contribution in [0.3, 0.4) is 0 Å². The number of rotatable bonds is 5. The normalized spacial score (nSPS) is 19.8. The fourth-order valence-corrected chi connectivity index (χ4v) is 2.97. The van der Waals surface area contributed by atoms with Gasteiger partial charge in [-0.1, -0.05) is 36.4 Å². The second-order valence-corrected chi connectivity index (χ2v) is 5.85. The summed E-state index contributed by atoms with van der Waals surface area (Å²) in [6.45, 7) is 1.17. The van der Waals surface area contributed by atoms with E-state index < -0.39 is 5.97 Å². The van der Waals surface area contributed by atoms with E-state index in [0.29, 0.717) is 18.7 Å². The zero-order valence-electron chi connectivity index (χ0n) is 13.1. The van der Waals surface area contributed by atoms with Crippen LogP contribution in [0, 0.1) is 5.92 Å². The molecule has 1 amide bonds. The number of hydrogen-bond donors (Lipinski definition) is 2. The molecule has 0 radical (unpaired) electrons. The number of nitrogens with one attached hydrogen (secondary N) is 1. The molecule has 3 rings (SSSR count). The molecular formula is C19H19NO4. The van der Waals surface area contributed by atoms with Gasteiger partial charge in [0.15, 0.2) is 0 Å². The number of carboxylic acid groups (broad SMARTS) is 1. The number of hydrogen-bond acceptors (Lipinski definition) is 3. The molecule has 2 aromatic carbocycles. The lowest BCUT2D eigenvalue weighted by atomic mass is 9.95. The van der Waals surface area contributed by atoms with Crippen molar-refractivity contribution in [1.29, 1.82) is 0 Å². The second kappa shape index (κ2) is 7.27. The monoisotopic (exact) mass is 325 g/mol. The molecule has 1 aliphatic heterocycles. The highest BCUT2D eigenvalue weighted by molar-refractivity contribution is 5.97. The van der Waals surface area contributed by atoms with Gasteiger partial charge in [-0.3, -0.25) is 4.79 Å². The first kappa shape index (κ1) is 16.2. The van der Waals surface area contributed by atoms with E-state index in [1.807, 2.05) is 30.3 Å². The molecule has 2 atom stereocenters. The highest BCUT2D eigenvalue weighted by Crippen LogP contribution is 2.33. The summed E-state index contributed by atoms with van der Waals surface area (Å²) < 4.78 is 5.81. The Hall–Kier alpha value is -2.66. The Morgan fingerprint density at radius 3 is 2.58 bits per heavy atom. The Morgan fingerprint density at radius 1 is 1.08 bits per heavy atom. The molecule has 5 nitrogen and oxygen atoms in total. The SMILES string of the molecule is O=C(O)c1cccc(C(=O)NC[C@@H]2CCO[C@H]2c2ccccc2)c1. The number of carbonyl (C=O) groups is 2. The average Bonchev–Trinajstić information content (AvgIpc) is 3.09. The molecule has 0 unspecified atom stereocenters. The van der Waals surface area contributed by atoms with Gasteiger partial charge in [-0.05, 0) is 30.2 Å². The lowest BCUT2D eigenvalue weighted by molar-refractivity contribution is 0.0697. The van der Waals surface area contributed by atoms with E-state index in [1.165, 1.54) is 12.1 Å². The molecule has 0 aliphatic carbocycles. The largest absolute Gasteiger partial charge is 0.478 e. The van der Waals surface area contributed by atoms with E-state index in [0.717, 1.165) is 12.0 Å². The quantitative estimate of drug-likeness (QED) is 0.886. The number of aromatic carboxylic acids is 1. The summed E-state index contributed by atoms with van der Waals surface area (Å²) in [5.74, 6) is -1.10. The summed E-state index contributed by atoms with van der Waals surface area (Å²) in [6.07, 6.45) is 0.867. The van der Waals surface area contributed by atoms with Crippen LogP contribution < -0.4 is 5.32 Å². The Kier molecular flexibility index (Phi) is 4.91. The fraction of sp³-hybridized carbons (Fsp3) is 0.263. The third-order valence-corrected chi connectivity index (χ3v) is 4.24. The third kappa shape index (κ3) is 3.63. The maximum absolute atomic E-state index is 12.3. The molecule has 24 heavy (non-hydrogen) atoms. The molecule has 0 bridgehead atoms. The number of benzene rings is 2. The maximum atomic E-state index is 12.3. The zero-order valence-corrected chi connectivity index (χ0v) is 13.1. The van der Waals surface area contributed by atoms with Crippen LogP contribution in [0.15, 0.2) is 54.6 Å². The maximum Gasteiger partial charge on any atom is 0.335 e. The summed E-state index contributed by atoms with van der Waals surface area (Å²) in [5, 5.41) is 11.9. The van der Waals surface area contributed by atoms with E-state index in [1.54, 1.807) is 12.1 Å². The van der Waals surface area contributed by atoms with Gasteiger partial charge in [-0.2, -0.15) is 0 Å². The molecule has 124 valence electrons. The van der Waals surface area contributed by atoms with E-state index >= 15 is 0 Å². The molecule has 0 aromatic heterocycles. The van der Waals surface area contributed by atoms with Crippen molar-refractivity contribution in [3.8, 4) is 0 Å². The van der Waals surface area contributed by atoms with Gasteiger partial charge in [0.1, 0.15) is 0 Å². The molecule has 2 N–H and O–H groups in total. The number of amides is 1. The highest BCUT2D eigenvalue weighted by Gasteiger charge is 2.29. The number of carbonyl (C=O) groups excluding carboxylic acids is 1. The molecule has 1 aliphatic rings. The van der Waals surface area contributed by atoms with Crippen molar-refractivity contribution >= 4 is 11.9 Å². The fourth-order valence-electron chi connectivity index (χ4n) is 2.97. The van der Waals surface area contributed by atoms with Crippen LogP contribution in [0.5, 0.6) is 0 Å². The summed E-state index contributed by atoms with van der Waals surface area (Å²) in [5.41, 5.74) is 1.57. The summed E-state index contributed by atoms with van der Waals surface area (Å²) in [7, 11) is 0. The van der Waals surface area contributed by atoms with Gasteiger partial charge in [0, 0.05) is 24.6 Å².